The molecule has 0 amide bonds. The molecule has 0 aromatic heterocycles. The van der Waals surface area contributed by atoms with Gasteiger partial charge in [0.1, 0.15) is 18.1 Å². The fourth-order valence-corrected chi connectivity index (χ4v) is 1.76. The van der Waals surface area contributed by atoms with E-state index in [-0.39, 0.29) is 10.2 Å². The maximum atomic E-state index is 12.1. The molecule has 4 nitrogen and oxygen atoms in total. The van der Waals surface area contributed by atoms with E-state index in [2.05, 4.69) is 26.0 Å². The number of hydrogen-bond acceptors (Lipinski definition) is 4. The molecule has 0 heterocycles. The van der Waals surface area contributed by atoms with Crippen LogP contribution < -0.4 is 14.8 Å². The molecule has 0 atom stereocenters. The van der Waals surface area contributed by atoms with Crippen LogP contribution in [0.15, 0.2) is 22.7 Å². The molecule has 0 saturated carbocycles. The normalized spacial score (nSPS) is 11.4. The van der Waals surface area contributed by atoms with Crippen molar-refractivity contribution in [3.8, 4) is 11.5 Å². The van der Waals surface area contributed by atoms with E-state index in [9.17, 15) is 13.2 Å². The van der Waals surface area contributed by atoms with Crippen molar-refractivity contribution < 1.29 is 27.4 Å². The van der Waals surface area contributed by atoms with E-state index < -0.39 is 6.36 Å². The van der Waals surface area contributed by atoms with Crippen LogP contribution in [0, 0.1) is 0 Å². The van der Waals surface area contributed by atoms with Gasteiger partial charge in [0.15, 0.2) is 0 Å². The molecule has 8 heteroatoms. The van der Waals surface area contributed by atoms with Crippen LogP contribution in [-0.2, 0) is 4.74 Å². The number of ether oxygens (including phenoxy) is 3. The van der Waals surface area contributed by atoms with Gasteiger partial charge in [-0.3, -0.25) is 0 Å². The average molecular weight is 358 g/mol. The minimum atomic E-state index is -4.71. The fourth-order valence-electron chi connectivity index (χ4n) is 1.32. The van der Waals surface area contributed by atoms with E-state index in [1.54, 1.807) is 7.11 Å². The lowest BCUT2D eigenvalue weighted by Gasteiger charge is -2.12. The number of rotatable bonds is 8. The molecular weight excluding hydrogens is 343 g/mol. The van der Waals surface area contributed by atoms with Gasteiger partial charge in [-0.05, 0) is 34.1 Å². The number of alkyl halides is 3. The molecule has 0 aliphatic rings. The summed E-state index contributed by atoms with van der Waals surface area (Å²) >= 11 is 3.01. The highest BCUT2D eigenvalue weighted by Crippen LogP contribution is 2.33. The van der Waals surface area contributed by atoms with Crippen molar-refractivity contribution in [2.75, 3.05) is 33.4 Å². The Bertz CT molecular complexity index is 415. The Labute approximate surface area is 123 Å². The lowest BCUT2D eigenvalue weighted by molar-refractivity contribution is -0.274. The van der Waals surface area contributed by atoms with Crippen molar-refractivity contribution in [1.82, 2.24) is 5.32 Å². The second kappa shape index (κ2) is 8.33. The van der Waals surface area contributed by atoms with Crippen LogP contribution >= 0.6 is 15.9 Å². The van der Waals surface area contributed by atoms with Gasteiger partial charge in [-0.2, -0.15) is 0 Å². The Kier molecular flexibility index (Phi) is 7.11. The number of nitrogens with one attached hydrogen (secondary N) is 1. The minimum Gasteiger partial charge on any atom is -0.492 e. The number of halogens is 4. The summed E-state index contributed by atoms with van der Waals surface area (Å²) in [7, 11) is 1.61. The summed E-state index contributed by atoms with van der Waals surface area (Å²) in [6.07, 6.45) is -4.71. The van der Waals surface area contributed by atoms with Gasteiger partial charge in [-0.25, -0.2) is 0 Å². The van der Waals surface area contributed by atoms with E-state index in [0.717, 1.165) is 0 Å². The summed E-state index contributed by atoms with van der Waals surface area (Å²) in [6, 6.07) is 4.04. The van der Waals surface area contributed by atoms with Gasteiger partial charge in [-0.1, -0.05) is 0 Å². The van der Waals surface area contributed by atoms with Gasteiger partial charge in [0.05, 0.1) is 11.1 Å². The molecule has 0 aliphatic carbocycles. The third-order valence-corrected chi connectivity index (χ3v) is 2.78. The molecule has 0 aliphatic heterocycles. The Morgan fingerprint density at radius 2 is 1.90 bits per heavy atom. The van der Waals surface area contributed by atoms with Crippen LogP contribution in [0.2, 0.25) is 0 Å². The molecule has 0 unspecified atom stereocenters. The van der Waals surface area contributed by atoms with Gasteiger partial charge in [0.25, 0.3) is 0 Å². The van der Waals surface area contributed by atoms with E-state index in [4.69, 9.17) is 9.47 Å². The molecule has 1 rings (SSSR count). The molecule has 0 saturated heterocycles. The molecule has 0 bridgehead atoms. The molecule has 20 heavy (non-hydrogen) atoms. The van der Waals surface area contributed by atoms with Gasteiger partial charge in [0, 0.05) is 20.2 Å². The van der Waals surface area contributed by atoms with Crippen molar-refractivity contribution >= 4 is 15.9 Å². The minimum absolute atomic E-state index is 0.180. The topological polar surface area (TPSA) is 39.7 Å². The van der Waals surface area contributed by atoms with Crippen molar-refractivity contribution in [2.45, 2.75) is 6.36 Å². The van der Waals surface area contributed by atoms with E-state index >= 15 is 0 Å². The highest BCUT2D eigenvalue weighted by Gasteiger charge is 2.31. The molecule has 1 N–H and O–H groups in total. The number of hydrogen-bond donors (Lipinski definition) is 1. The lowest BCUT2D eigenvalue weighted by atomic mass is 10.3. The van der Waals surface area contributed by atoms with Crippen LogP contribution in [0.25, 0.3) is 0 Å². The zero-order chi connectivity index (χ0) is 15.0. The molecule has 1 aromatic rings. The quantitative estimate of drug-likeness (QED) is 0.726. The smallest absolute Gasteiger partial charge is 0.492 e. The van der Waals surface area contributed by atoms with Crippen molar-refractivity contribution in [3.05, 3.63) is 22.7 Å². The zero-order valence-corrected chi connectivity index (χ0v) is 12.4. The highest BCUT2D eigenvalue weighted by atomic mass is 79.9. The molecule has 1 aromatic carbocycles. The van der Waals surface area contributed by atoms with Crippen molar-refractivity contribution in [3.63, 3.8) is 0 Å². The number of methoxy groups -OCH3 is 1. The van der Waals surface area contributed by atoms with Crippen LogP contribution in [0.3, 0.4) is 0 Å². The van der Waals surface area contributed by atoms with E-state index in [1.165, 1.54) is 18.2 Å². The highest BCUT2D eigenvalue weighted by molar-refractivity contribution is 9.10. The van der Waals surface area contributed by atoms with E-state index in [1.807, 2.05) is 0 Å². The SMILES string of the molecule is COCCNCCOc1ccc(OC(F)(F)F)c(Br)c1. The first-order valence-corrected chi connectivity index (χ1v) is 6.59. The van der Waals surface area contributed by atoms with Crippen LogP contribution in [0.5, 0.6) is 11.5 Å². The van der Waals surface area contributed by atoms with Gasteiger partial charge >= 0.3 is 6.36 Å². The first-order chi connectivity index (χ1) is 9.42. The third-order valence-electron chi connectivity index (χ3n) is 2.16. The summed E-state index contributed by atoms with van der Waals surface area (Å²) in [5.74, 6) is 0.156. The summed E-state index contributed by atoms with van der Waals surface area (Å²) in [5.41, 5.74) is 0. The predicted octanol–water partition coefficient (Wildman–Crippen LogP) is 2.96. The summed E-state index contributed by atoms with van der Waals surface area (Å²) in [4.78, 5) is 0. The van der Waals surface area contributed by atoms with Crippen LogP contribution in [0.1, 0.15) is 0 Å². The Balaban J connectivity index is 2.39. The van der Waals surface area contributed by atoms with Crippen molar-refractivity contribution in [2.24, 2.45) is 0 Å². The molecule has 0 spiro atoms. The first-order valence-electron chi connectivity index (χ1n) is 5.80. The van der Waals surface area contributed by atoms with Gasteiger partial charge < -0.3 is 19.5 Å². The second-order valence-corrected chi connectivity index (χ2v) is 4.59. The Morgan fingerprint density at radius 1 is 1.20 bits per heavy atom. The predicted molar refractivity (Wildman–Crippen MR) is 71.1 cm³/mol. The summed E-state index contributed by atoms with van der Waals surface area (Å²) in [5, 5.41) is 3.08. The first kappa shape index (κ1) is 17.1. The van der Waals surface area contributed by atoms with Crippen LogP contribution in [-0.4, -0.2) is 39.8 Å². The zero-order valence-electron chi connectivity index (χ0n) is 10.8. The lowest BCUT2D eigenvalue weighted by Crippen LogP contribution is -2.24. The standard InChI is InChI=1S/C12H15BrF3NO3/c1-18-6-4-17-5-7-19-9-2-3-11(10(13)8-9)20-12(14,15)16/h2-3,8,17H,4-7H2,1H3. The number of benzene rings is 1. The van der Waals surface area contributed by atoms with E-state index in [0.29, 0.717) is 32.1 Å². The third kappa shape index (κ3) is 6.97. The van der Waals surface area contributed by atoms with Gasteiger partial charge in [0.2, 0.25) is 0 Å². The average Bonchev–Trinajstić information content (AvgIpc) is 2.35. The molecule has 0 fully saturated rings. The molecular formula is C12H15BrF3NO3. The summed E-state index contributed by atoms with van der Waals surface area (Å²) < 4.78 is 50.5. The van der Waals surface area contributed by atoms with Gasteiger partial charge in [-0.15, -0.1) is 13.2 Å². The Hall–Kier alpha value is -0.990. The van der Waals surface area contributed by atoms with Crippen molar-refractivity contribution in [1.29, 1.82) is 0 Å². The summed E-state index contributed by atoms with van der Waals surface area (Å²) in [6.45, 7) is 2.33. The second-order valence-electron chi connectivity index (χ2n) is 3.73. The monoisotopic (exact) mass is 357 g/mol. The maximum absolute atomic E-state index is 12.1. The maximum Gasteiger partial charge on any atom is 0.573 e. The fraction of sp³-hybridized carbons (Fsp3) is 0.500. The molecule has 114 valence electrons. The largest absolute Gasteiger partial charge is 0.573 e. The Morgan fingerprint density at radius 3 is 2.50 bits per heavy atom. The van der Waals surface area contributed by atoms with Crippen LogP contribution in [0.4, 0.5) is 13.2 Å². The molecule has 0 radical (unpaired) electrons.